The minimum absolute atomic E-state index is 0.210. The van der Waals surface area contributed by atoms with E-state index in [2.05, 4.69) is 5.32 Å². The van der Waals surface area contributed by atoms with Gasteiger partial charge in [-0.15, -0.1) is 0 Å². The van der Waals surface area contributed by atoms with Crippen LogP contribution in [0.1, 0.15) is 12.5 Å². The zero-order chi connectivity index (χ0) is 15.5. The standard InChI is InChI=1S/C16H17F2NO2/c1-16(10-20,15-11(17)6-5-7-12(15)18)19-13-8-3-4-9-14(13)21-2/h3-9,19-20H,10H2,1-2H3. The molecule has 0 aliphatic rings. The fourth-order valence-corrected chi connectivity index (χ4v) is 2.25. The molecule has 2 aromatic rings. The second-order valence-electron chi connectivity index (χ2n) is 4.91. The normalized spacial score (nSPS) is 13.6. The number of aliphatic hydroxyl groups excluding tert-OH is 1. The van der Waals surface area contributed by atoms with E-state index in [1.54, 1.807) is 24.3 Å². The Morgan fingerprint density at radius 1 is 1.10 bits per heavy atom. The molecule has 0 bridgehead atoms. The first kappa shape index (κ1) is 15.3. The number of hydrogen-bond donors (Lipinski definition) is 2. The van der Waals surface area contributed by atoms with Crippen LogP contribution in [0.25, 0.3) is 0 Å². The fourth-order valence-electron chi connectivity index (χ4n) is 2.25. The molecule has 0 fully saturated rings. The van der Waals surface area contributed by atoms with E-state index in [4.69, 9.17) is 4.74 Å². The lowest BCUT2D eigenvalue weighted by Gasteiger charge is -2.31. The third kappa shape index (κ3) is 2.97. The molecular weight excluding hydrogens is 276 g/mol. The lowest BCUT2D eigenvalue weighted by molar-refractivity contribution is 0.216. The first-order chi connectivity index (χ1) is 10.0. The molecule has 1 unspecified atom stereocenters. The van der Waals surface area contributed by atoms with Gasteiger partial charge in [-0.2, -0.15) is 0 Å². The largest absolute Gasteiger partial charge is 0.495 e. The molecule has 2 rings (SSSR count). The molecule has 2 aromatic carbocycles. The minimum atomic E-state index is -1.32. The third-order valence-electron chi connectivity index (χ3n) is 3.35. The van der Waals surface area contributed by atoms with Crippen molar-refractivity contribution in [2.45, 2.75) is 12.5 Å². The molecule has 0 saturated heterocycles. The van der Waals surface area contributed by atoms with E-state index >= 15 is 0 Å². The molecule has 2 N–H and O–H groups in total. The van der Waals surface area contributed by atoms with E-state index in [0.717, 1.165) is 12.1 Å². The van der Waals surface area contributed by atoms with Crippen LogP contribution in [-0.2, 0) is 5.54 Å². The third-order valence-corrected chi connectivity index (χ3v) is 3.35. The van der Waals surface area contributed by atoms with Crippen LogP contribution < -0.4 is 10.1 Å². The van der Waals surface area contributed by atoms with Gasteiger partial charge in [-0.3, -0.25) is 0 Å². The van der Waals surface area contributed by atoms with Crippen molar-refractivity contribution in [1.82, 2.24) is 0 Å². The second kappa shape index (κ2) is 6.10. The van der Waals surface area contributed by atoms with E-state index in [0.29, 0.717) is 11.4 Å². The molecule has 0 heterocycles. The molecule has 5 heteroatoms. The van der Waals surface area contributed by atoms with Gasteiger partial charge in [-0.05, 0) is 31.2 Å². The van der Waals surface area contributed by atoms with Gasteiger partial charge in [0.25, 0.3) is 0 Å². The number of anilines is 1. The van der Waals surface area contributed by atoms with Crippen LogP contribution in [0, 0.1) is 11.6 Å². The van der Waals surface area contributed by atoms with Gasteiger partial charge in [0, 0.05) is 0 Å². The summed E-state index contributed by atoms with van der Waals surface area (Å²) in [5, 5.41) is 12.6. The van der Waals surface area contributed by atoms with Gasteiger partial charge >= 0.3 is 0 Å². The predicted octanol–water partition coefficient (Wildman–Crippen LogP) is 3.29. The van der Waals surface area contributed by atoms with Crippen LogP contribution in [0.15, 0.2) is 42.5 Å². The average Bonchev–Trinajstić information content (AvgIpc) is 2.47. The monoisotopic (exact) mass is 293 g/mol. The van der Waals surface area contributed by atoms with Crippen molar-refractivity contribution < 1.29 is 18.6 Å². The van der Waals surface area contributed by atoms with Gasteiger partial charge in [0.2, 0.25) is 0 Å². The highest BCUT2D eigenvalue weighted by Gasteiger charge is 2.32. The summed E-state index contributed by atoms with van der Waals surface area (Å²) in [5.41, 5.74) is -0.984. The summed E-state index contributed by atoms with van der Waals surface area (Å²) >= 11 is 0. The first-order valence-electron chi connectivity index (χ1n) is 6.48. The van der Waals surface area contributed by atoms with Crippen LogP contribution in [-0.4, -0.2) is 18.8 Å². The summed E-state index contributed by atoms with van der Waals surface area (Å²) in [4.78, 5) is 0. The average molecular weight is 293 g/mol. The van der Waals surface area contributed by atoms with Crippen molar-refractivity contribution in [2.24, 2.45) is 0 Å². The number of ether oxygens (including phenoxy) is 1. The van der Waals surface area contributed by atoms with E-state index in [1.165, 1.54) is 20.1 Å². The Kier molecular flexibility index (Phi) is 4.43. The molecule has 3 nitrogen and oxygen atoms in total. The Bertz CT molecular complexity index is 613. The lowest BCUT2D eigenvalue weighted by Crippen LogP contribution is -2.38. The summed E-state index contributed by atoms with van der Waals surface area (Å²) in [6, 6.07) is 10.6. The molecule has 0 aliphatic heterocycles. The van der Waals surface area contributed by atoms with E-state index in [9.17, 15) is 13.9 Å². The van der Waals surface area contributed by atoms with E-state index in [-0.39, 0.29) is 5.56 Å². The quantitative estimate of drug-likeness (QED) is 0.889. The topological polar surface area (TPSA) is 41.5 Å². The Balaban J connectivity index is 2.47. The number of methoxy groups -OCH3 is 1. The maximum atomic E-state index is 14.0. The summed E-state index contributed by atoms with van der Waals surface area (Å²) < 4.78 is 33.2. The van der Waals surface area contributed by atoms with Gasteiger partial charge in [-0.1, -0.05) is 18.2 Å². The number of halogens is 2. The molecule has 0 amide bonds. The Morgan fingerprint density at radius 2 is 1.71 bits per heavy atom. The Labute approximate surface area is 122 Å². The summed E-state index contributed by atoms with van der Waals surface area (Å²) in [6.45, 7) is 1.05. The number of aliphatic hydroxyl groups is 1. The molecule has 21 heavy (non-hydrogen) atoms. The first-order valence-corrected chi connectivity index (χ1v) is 6.48. The number of hydrogen-bond acceptors (Lipinski definition) is 3. The predicted molar refractivity (Wildman–Crippen MR) is 77.4 cm³/mol. The smallest absolute Gasteiger partial charge is 0.141 e. The highest BCUT2D eigenvalue weighted by atomic mass is 19.1. The molecule has 112 valence electrons. The van der Waals surface area contributed by atoms with Crippen LogP contribution in [0.4, 0.5) is 14.5 Å². The van der Waals surface area contributed by atoms with Crippen LogP contribution >= 0.6 is 0 Å². The Hall–Kier alpha value is -2.14. The zero-order valence-corrected chi connectivity index (χ0v) is 11.9. The molecule has 0 aromatic heterocycles. The van der Waals surface area contributed by atoms with Gasteiger partial charge in [0.1, 0.15) is 17.4 Å². The maximum Gasteiger partial charge on any atom is 0.141 e. The van der Waals surface area contributed by atoms with E-state index in [1.807, 2.05) is 0 Å². The second-order valence-corrected chi connectivity index (χ2v) is 4.91. The van der Waals surface area contributed by atoms with E-state index < -0.39 is 23.8 Å². The van der Waals surface area contributed by atoms with Crippen LogP contribution in [0.5, 0.6) is 5.75 Å². The van der Waals surface area contributed by atoms with Crippen molar-refractivity contribution in [3.63, 3.8) is 0 Å². The number of benzene rings is 2. The summed E-state index contributed by atoms with van der Waals surface area (Å²) in [5.74, 6) is -0.906. The fraction of sp³-hybridized carbons (Fsp3) is 0.250. The maximum absolute atomic E-state index is 14.0. The summed E-state index contributed by atoms with van der Waals surface area (Å²) in [7, 11) is 1.50. The number of para-hydroxylation sites is 2. The van der Waals surface area contributed by atoms with Crippen molar-refractivity contribution in [3.05, 3.63) is 59.7 Å². The molecule has 0 saturated carbocycles. The highest BCUT2D eigenvalue weighted by Crippen LogP contribution is 2.33. The van der Waals surface area contributed by atoms with Gasteiger partial charge < -0.3 is 15.2 Å². The van der Waals surface area contributed by atoms with Gasteiger partial charge in [0.05, 0.1) is 30.5 Å². The molecule has 0 radical (unpaired) electrons. The SMILES string of the molecule is COc1ccccc1NC(C)(CO)c1c(F)cccc1F. The number of nitrogens with one attached hydrogen (secondary N) is 1. The summed E-state index contributed by atoms with van der Waals surface area (Å²) in [6.07, 6.45) is 0. The Morgan fingerprint density at radius 3 is 2.29 bits per heavy atom. The zero-order valence-electron chi connectivity index (χ0n) is 11.9. The molecular formula is C16H17F2NO2. The molecule has 0 aliphatic carbocycles. The van der Waals surface area contributed by atoms with Crippen molar-refractivity contribution in [3.8, 4) is 5.75 Å². The van der Waals surface area contributed by atoms with Crippen molar-refractivity contribution in [1.29, 1.82) is 0 Å². The van der Waals surface area contributed by atoms with Gasteiger partial charge in [0.15, 0.2) is 0 Å². The molecule has 0 spiro atoms. The minimum Gasteiger partial charge on any atom is -0.495 e. The highest BCUT2D eigenvalue weighted by molar-refractivity contribution is 5.58. The van der Waals surface area contributed by atoms with Gasteiger partial charge in [-0.25, -0.2) is 8.78 Å². The van der Waals surface area contributed by atoms with Crippen molar-refractivity contribution in [2.75, 3.05) is 19.0 Å². The van der Waals surface area contributed by atoms with Crippen molar-refractivity contribution >= 4 is 5.69 Å². The van der Waals surface area contributed by atoms with Crippen LogP contribution in [0.2, 0.25) is 0 Å². The molecule has 1 atom stereocenters. The van der Waals surface area contributed by atoms with Crippen LogP contribution in [0.3, 0.4) is 0 Å². The lowest BCUT2D eigenvalue weighted by atomic mass is 9.91. The number of rotatable bonds is 5.